The van der Waals surface area contributed by atoms with Crippen LogP contribution in [0.5, 0.6) is 0 Å². The lowest BCUT2D eigenvalue weighted by molar-refractivity contribution is -0.0501. The van der Waals surface area contributed by atoms with Crippen molar-refractivity contribution in [2.45, 2.75) is 24.5 Å². The molecule has 3 heterocycles. The number of halogens is 1. The number of hydrogen-bond donors (Lipinski definition) is 5. The second-order valence-corrected chi connectivity index (χ2v) is 6.49. The Balaban J connectivity index is 2.07. The van der Waals surface area contributed by atoms with E-state index in [0.717, 1.165) is 16.7 Å². The zero-order chi connectivity index (χ0) is 20.9. The van der Waals surface area contributed by atoms with E-state index in [-0.39, 0.29) is 16.9 Å². The van der Waals surface area contributed by atoms with Gasteiger partial charge in [0.2, 0.25) is 5.95 Å². The molecule has 1 aromatic carbocycles. The van der Waals surface area contributed by atoms with Gasteiger partial charge in [-0.3, -0.25) is 19.1 Å². The first-order valence-corrected chi connectivity index (χ1v) is 8.52. The maximum absolute atomic E-state index is 13.4. The van der Waals surface area contributed by atoms with Crippen LogP contribution >= 0.6 is 0 Å². The van der Waals surface area contributed by atoms with E-state index in [4.69, 9.17) is 10.5 Å². The highest BCUT2D eigenvalue weighted by molar-refractivity contribution is 5.79. The van der Waals surface area contributed by atoms with Crippen molar-refractivity contribution in [3.05, 3.63) is 50.8 Å². The van der Waals surface area contributed by atoms with E-state index in [9.17, 15) is 29.3 Å². The molecule has 6 N–H and O–H groups in total. The van der Waals surface area contributed by atoms with Crippen LogP contribution in [0, 0.1) is 5.82 Å². The van der Waals surface area contributed by atoms with Gasteiger partial charge >= 0.3 is 5.56 Å². The fraction of sp³-hybridized carbons (Fsp3) is 0.294. The quantitative estimate of drug-likeness (QED) is 0.346. The molecule has 4 rings (SSSR count). The van der Waals surface area contributed by atoms with E-state index in [1.807, 2.05) is 0 Å². The lowest BCUT2D eigenvalue weighted by Crippen LogP contribution is -2.33. The van der Waals surface area contributed by atoms with Crippen LogP contribution in [0.1, 0.15) is 6.23 Å². The number of hydrogen-bond acceptors (Lipinski definition) is 9. The molecule has 0 unspecified atom stereocenters. The molecule has 1 aliphatic rings. The Hall–Kier alpha value is -3.19. The highest BCUT2D eigenvalue weighted by atomic mass is 19.1. The zero-order valence-corrected chi connectivity index (χ0v) is 14.7. The summed E-state index contributed by atoms with van der Waals surface area (Å²) in [7, 11) is 0. The summed E-state index contributed by atoms with van der Waals surface area (Å²) in [5.74, 6) is -0.967. The van der Waals surface area contributed by atoms with Crippen LogP contribution in [0.4, 0.5) is 10.3 Å². The number of nitrogens with two attached hydrogens (primary N) is 1. The summed E-state index contributed by atoms with van der Waals surface area (Å²) >= 11 is 0. The normalized spacial score (nSPS) is 24.3. The molecule has 29 heavy (non-hydrogen) atoms. The topological polar surface area (TPSA) is 177 Å². The number of benzene rings is 1. The van der Waals surface area contributed by atoms with Crippen LogP contribution in [-0.4, -0.2) is 59.8 Å². The van der Waals surface area contributed by atoms with Crippen molar-refractivity contribution in [1.82, 2.24) is 19.5 Å². The lowest BCUT2D eigenvalue weighted by Gasteiger charge is -2.19. The number of nitrogens with one attached hydrogen (secondary N) is 1. The molecule has 0 amide bonds. The second-order valence-electron chi connectivity index (χ2n) is 6.49. The van der Waals surface area contributed by atoms with Gasteiger partial charge in [-0.05, 0) is 24.3 Å². The predicted octanol–water partition coefficient (Wildman–Crippen LogP) is -1.52. The Morgan fingerprint density at radius 1 is 1.17 bits per heavy atom. The van der Waals surface area contributed by atoms with E-state index in [1.165, 1.54) is 12.1 Å². The number of imidazole rings is 1. The molecule has 2 aromatic heterocycles. The lowest BCUT2D eigenvalue weighted by atomic mass is 10.1. The third-order valence-corrected chi connectivity index (χ3v) is 4.67. The molecule has 4 atom stereocenters. The van der Waals surface area contributed by atoms with E-state index in [1.54, 1.807) is 0 Å². The Morgan fingerprint density at radius 2 is 1.86 bits per heavy atom. The number of ether oxygens (including phenoxy) is 1. The monoisotopic (exact) mass is 405 g/mol. The molecule has 152 valence electrons. The number of aliphatic hydroxyl groups is 3. The maximum atomic E-state index is 13.4. The molecular formula is C17H16FN5O6. The number of H-pyrrole nitrogens is 1. The molecule has 12 heteroatoms. The van der Waals surface area contributed by atoms with Gasteiger partial charge in [0, 0.05) is 5.56 Å². The average Bonchev–Trinajstić information content (AvgIpc) is 3.17. The van der Waals surface area contributed by atoms with Crippen molar-refractivity contribution in [3.8, 4) is 11.4 Å². The van der Waals surface area contributed by atoms with Crippen molar-refractivity contribution >= 4 is 17.0 Å². The van der Waals surface area contributed by atoms with Gasteiger partial charge in [0.1, 0.15) is 35.5 Å². The van der Waals surface area contributed by atoms with Gasteiger partial charge in [0.05, 0.1) is 6.61 Å². The highest BCUT2D eigenvalue weighted by Gasteiger charge is 2.45. The second kappa shape index (κ2) is 7.00. The largest absolute Gasteiger partial charge is 0.394 e. The van der Waals surface area contributed by atoms with E-state index >= 15 is 0 Å². The van der Waals surface area contributed by atoms with Crippen LogP contribution in [0.3, 0.4) is 0 Å². The van der Waals surface area contributed by atoms with Crippen molar-refractivity contribution in [3.63, 3.8) is 0 Å². The third-order valence-electron chi connectivity index (χ3n) is 4.67. The van der Waals surface area contributed by atoms with Crippen LogP contribution in [0.25, 0.3) is 22.4 Å². The standard InChI is InChI=1S/C17H16FN5O6/c18-7-3-1-6(2-4-7)13-20-9-10(15(28)22-17(19)21-14(9)27)23(13)16-12(26)11(25)8(5-24)29-16/h1-4,8,11-12,16,24-26H,5H2,(H3,19,21,22,27,28)/t8-,11-,12-,16-/m1/s1. The third kappa shape index (κ3) is 3.07. The number of nitrogen functional groups attached to an aromatic ring is 1. The summed E-state index contributed by atoms with van der Waals surface area (Å²) in [5, 5.41) is 29.9. The van der Waals surface area contributed by atoms with Crippen molar-refractivity contribution in [2.75, 3.05) is 12.3 Å². The smallest absolute Gasteiger partial charge is 0.301 e. The Bertz CT molecular complexity index is 1190. The van der Waals surface area contributed by atoms with Gasteiger partial charge < -0.3 is 25.8 Å². The number of nitrogens with zero attached hydrogens (tertiary/aromatic N) is 3. The summed E-state index contributed by atoms with van der Waals surface area (Å²) in [6.45, 7) is -0.599. The zero-order valence-electron chi connectivity index (χ0n) is 14.7. The minimum absolute atomic E-state index is 0.0102. The molecule has 0 saturated carbocycles. The van der Waals surface area contributed by atoms with Gasteiger partial charge in [-0.2, -0.15) is 4.98 Å². The molecule has 1 fully saturated rings. The Labute approximate surface area is 160 Å². The molecule has 0 bridgehead atoms. The van der Waals surface area contributed by atoms with Crippen LogP contribution < -0.4 is 16.9 Å². The summed E-state index contributed by atoms with van der Waals surface area (Å²) < 4.78 is 20.0. The molecule has 3 aromatic rings. The van der Waals surface area contributed by atoms with Gasteiger partial charge in [-0.1, -0.05) is 0 Å². The first kappa shape index (κ1) is 19.1. The molecular weight excluding hydrogens is 389 g/mol. The first-order chi connectivity index (χ1) is 13.8. The van der Waals surface area contributed by atoms with Gasteiger partial charge in [-0.25, -0.2) is 9.37 Å². The molecule has 1 aliphatic heterocycles. The average molecular weight is 405 g/mol. The SMILES string of the molecule is Nc1nc(=O)c2nc(-c3ccc(F)cc3)n([C@@H]3O[C@H](CO)[C@@H](O)[C@H]3O)c2c(=O)[nH]1. The van der Waals surface area contributed by atoms with E-state index in [2.05, 4.69) is 15.0 Å². The van der Waals surface area contributed by atoms with Crippen molar-refractivity contribution in [2.24, 2.45) is 0 Å². The maximum Gasteiger partial charge on any atom is 0.301 e. The number of fused-ring (bicyclic) bond motifs is 1. The first-order valence-electron chi connectivity index (χ1n) is 8.52. The number of anilines is 1. The summed E-state index contributed by atoms with van der Waals surface area (Å²) in [5.41, 5.74) is 3.35. The fourth-order valence-corrected chi connectivity index (χ4v) is 3.31. The van der Waals surface area contributed by atoms with Crippen LogP contribution in [0.2, 0.25) is 0 Å². The highest BCUT2D eigenvalue weighted by Crippen LogP contribution is 2.35. The van der Waals surface area contributed by atoms with Gasteiger partial charge in [0.25, 0.3) is 5.56 Å². The van der Waals surface area contributed by atoms with Crippen LogP contribution in [0.15, 0.2) is 33.9 Å². The predicted molar refractivity (Wildman–Crippen MR) is 97.2 cm³/mol. The number of rotatable bonds is 3. The van der Waals surface area contributed by atoms with E-state index < -0.39 is 54.0 Å². The molecule has 0 spiro atoms. The molecule has 0 radical (unpaired) electrons. The Kier molecular flexibility index (Phi) is 4.62. The van der Waals surface area contributed by atoms with Gasteiger partial charge in [-0.15, -0.1) is 0 Å². The fourth-order valence-electron chi connectivity index (χ4n) is 3.31. The van der Waals surface area contributed by atoms with Crippen molar-refractivity contribution in [1.29, 1.82) is 0 Å². The summed E-state index contributed by atoms with van der Waals surface area (Å²) in [6, 6.07) is 5.01. The minimum Gasteiger partial charge on any atom is -0.394 e. The number of aliphatic hydroxyl groups excluding tert-OH is 3. The summed E-state index contributed by atoms with van der Waals surface area (Å²) in [4.78, 5) is 35.0. The number of aromatic nitrogens is 4. The summed E-state index contributed by atoms with van der Waals surface area (Å²) in [6.07, 6.45) is -5.54. The Morgan fingerprint density at radius 3 is 2.48 bits per heavy atom. The van der Waals surface area contributed by atoms with Crippen LogP contribution in [-0.2, 0) is 4.74 Å². The molecule has 11 nitrogen and oxygen atoms in total. The van der Waals surface area contributed by atoms with Crippen molar-refractivity contribution < 1.29 is 24.4 Å². The minimum atomic E-state index is -1.56. The molecule has 0 aliphatic carbocycles. The number of aromatic amines is 1. The van der Waals surface area contributed by atoms with Gasteiger partial charge in [0.15, 0.2) is 11.7 Å². The van der Waals surface area contributed by atoms with E-state index in [0.29, 0.717) is 5.56 Å². The molecule has 1 saturated heterocycles.